The van der Waals surface area contributed by atoms with E-state index in [-0.39, 0.29) is 12.1 Å². The maximum absolute atomic E-state index is 11.7. The summed E-state index contributed by atoms with van der Waals surface area (Å²) in [5.41, 5.74) is -1.49. The lowest BCUT2D eigenvalue weighted by atomic mass is 9.91. The number of aliphatic carboxylic acids is 1. The Morgan fingerprint density at radius 2 is 2.28 bits per heavy atom. The summed E-state index contributed by atoms with van der Waals surface area (Å²) in [6.07, 6.45) is 2.81. The van der Waals surface area contributed by atoms with E-state index >= 15 is 0 Å². The molecule has 0 bridgehead atoms. The number of urea groups is 1. The molecule has 1 aromatic heterocycles. The second-order valence-electron chi connectivity index (χ2n) is 4.01. The van der Waals surface area contributed by atoms with Gasteiger partial charge in [0.2, 0.25) is 0 Å². The Morgan fingerprint density at radius 1 is 1.56 bits per heavy atom. The number of imide groups is 1. The minimum absolute atomic E-state index is 0.192. The van der Waals surface area contributed by atoms with Gasteiger partial charge in [-0.05, 0) is 13.0 Å². The molecule has 0 aromatic carbocycles. The Kier molecular flexibility index (Phi) is 2.74. The van der Waals surface area contributed by atoms with Crippen molar-refractivity contribution in [1.29, 1.82) is 0 Å². The molecule has 2 heterocycles. The summed E-state index contributed by atoms with van der Waals surface area (Å²) in [7, 11) is 0. The van der Waals surface area contributed by atoms with Crippen LogP contribution in [0.25, 0.3) is 0 Å². The Balaban J connectivity index is 2.55. The van der Waals surface area contributed by atoms with E-state index in [0.717, 1.165) is 0 Å². The van der Waals surface area contributed by atoms with Crippen molar-refractivity contribution in [2.24, 2.45) is 0 Å². The van der Waals surface area contributed by atoms with Crippen molar-refractivity contribution < 1.29 is 19.5 Å². The second-order valence-corrected chi connectivity index (χ2v) is 4.01. The molecule has 0 spiro atoms. The predicted molar refractivity (Wildman–Crippen MR) is 59.5 cm³/mol. The van der Waals surface area contributed by atoms with Gasteiger partial charge < -0.3 is 10.4 Å². The zero-order valence-electron chi connectivity index (χ0n) is 9.58. The van der Waals surface area contributed by atoms with Crippen molar-refractivity contribution >= 4 is 17.9 Å². The van der Waals surface area contributed by atoms with E-state index in [1.165, 1.54) is 25.4 Å². The number of amides is 3. The van der Waals surface area contributed by atoms with Gasteiger partial charge in [-0.1, -0.05) is 6.07 Å². The first-order valence-corrected chi connectivity index (χ1v) is 5.22. The third kappa shape index (κ3) is 1.60. The minimum Gasteiger partial charge on any atom is -0.479 e. The highest BCUT2D eigenvalue weighted by atomic mass is 16.4. The molecule has 3 amide bonds. The lowest BCUT2D eigenvalue weighted by Crippen LogP contribution is -2.53. The van der Waals surface area contributed by atoms with Gasteiger partial charge in [-0.3, -0.25) is 9.78 Å². The number of aromatic nitrogens is 1. The van der Waals surface area contributed by atoms with Gasteiger partial charge in [-0.15, -0.1) is 0 Å². The third-order valence-electron chi connectivity index (χ3n) is 2.93. The number of carboxylic acids is 1. The minimum atomic E-state index is -1.76. The van der Waals surface area contributed by atoms with Crippen LogP contribution < -0.4 is 5.32 Å². The first-order valence-electron chi connectivity index (χ1n) is 5.22. The Bertz CT molecular complexity index is 500. The summed E-state index contributed by atoms with van der Waals surface area (Å²) in [4.78, 5) is 39.3. The Morgan fingerprint density at radius 3 is 2.72 bits per heavy atom. The number of nitrogens with one attached hydrogen (secondary N) is 1. The number of carbonyl (C=O) groups excluding carboxylic acids is 2. The van der Waals surface area contributed by atoms with Crippen LogP contribution >= 0.6 is 0 Å². The topological polar surface area (TPSA) is 99.6 Å². The third-order valence-corrected chi connectivity index (χ3v) is 2.93. The summed E-state index contributed by atoms with van der Waals surface area (Å²) in [6, 6.07) is 2.35. The number of pyridine rings is 1. The second kappa shape index (κ2) is 4.10. The lowest BCUT2D eigenvalue weighted by Gasteiger charge is -2.32. The van der Waals surface area contributed by atoms with Crippen molar-refractivity contribution in [2.45, 2.75) is 12.5 Å². The molecule has 18 heavy (non-hydrogen) atoms. The molecule has 1 saturated heterocycles. The van der Waals surface area contributed by atoms with Crippen molar-refractivity contribution in [2.75, 3.05) is 6.54 Å². The van der Waals surface area contributed by atoms with Gasteiger partial charge in [0.15, 0.2) is 5.54 Å². The van der Waals surface area contributed by atoms with Gasteiger partial charge in [-0.25, -0.2) is 14.5 Å². The fraction of sp³-hybridized carbons (Fsp3) is 0.273. The fourth-order valence-electron chi connectivity index (χ4n) is 1.87. The van der Waals surface area contributed by atoms with Crippen molar-refractivity contribution in [3.05, 3.63) is 30.1 Å². The van der Waals surface area contributed by atoms with Crippen LogP contribution in [0.15, 0.2) is 24.5 Å². The van der Waals surface area contributed by atoms with Crippen LogP contribution in [0.5, 0.6) is 0 Å². The van der Waals surface area contributed by atoms with E-state index in [1.807, 2.05) is 0 Å². The standard InChI is InChI=1S/C11H11N3O4/c1-11(9(16)17,7-3-2-4-12-5-7)14-8(15)6-13-10(14)18/h2-5H,6H2,1H3,(H,13,18)(H,16,17). The van der Waals surface area contributed by atoms with Crippen LogP contribution in [0.1, 0.15) is 12.5 Å². The molecule has 1 atom stereocenters. The number of nitrogens with zero attached hydrogens (tertiary/aromatic N) is 2. The molecule has 0 radical (unpaired) electrons. The lowest BCUT2D eigenvalue weighted by molar-refractivity contribution is -0.153. The Hall–Kier alpha value is -2.44. The molecular weight excluding hydrogens is 238 g/mol. The zero-order valence-corrected chi connectivity index (χ0v) is 9.58. The average Bonchev–Trinajstić information content (AvgIpc) is 2.69. The molecule has 1 aliphatic rings. The zero-order chi connectivity index (χ0) is 13.3. The quantitative estimate of drug-likeness (QED) is 0.730. The summed E-state index contributed by atoms with van der Waals surface area (Å²) in [5.74, 6) is -1.87. The molecule has 1 aromatic rings. The van der Waals surface area contributed by atoms with E-state index in [9.17, 15) is 19.5 Å². The van der Waals surface area contributed by atoms with Crippen molar-refractivity contribution in [3.8, 4) is 0 Å². The fourth-order valence-corrected chi connectivity index (χ4v) is 1.87. The molecule has 1 fully saturated rings. The van der Waals surface area contributed by atoms with E-state index in [1.54, 1.807) is 6.07 Å². The van der Waals surface area contributed by atoms with Crippen LogP contribution in [0, 0.1) is 0 Å². The van der Waals surface area contributed by atoms with Crippen molar-refractivity contribution in [3.63, 3.8) is 0 Å². The van der Waals surface area contributed by atoms with Gasteiger partial charge in [0.1, 0.15) is 0 Å². The molecule has 1 unspecified atom stereocenters. The normalized spacial score (nSPS) is 18.4. The first kappa shape index (κ1) is 12.0. The van der Waals surface area contributed by atoms with Crippen LogP contribution in [0.4, 0.5) is 4.79 Å². The van der Waals surface area contributed by atoms with E-state index in [2.05, 4.69) is 10.3 Å². The summed E-state index contributed by atoms with van der Waals surface area (Å²) in [6.45, 7) is 1.11. The number of carboxylic acid groups (broad SMARTS) is 1. The van der Waals surface area contributed by atoms with Gasteiger partial charge in [-0.2, -0.15) is 0 Å². The maximum Gasteiger partial charge on any atom is 0.334 e. The Labute approximate surface area is 102 Å². The van der Waals surface area contributed by atoms with Gasteiger partial charge in [0, 0.05) is 18.0 Å². The van der Waals surface area contributed by atoms with Crippen LogP contribution in [0.2, 0.25) is 0 Å². The smallest absolute Gasteiger partial charge is 0.334 e. The SMILES string of the molecule is CC(C(=O)O)(c1cccnc1)N1C(=O)CNC1=O. The first-order chi connectivity index (χ1) is 8.48. The highest BCUT2D eigenvalue weighted by molar-refractivity contribution is 6.06. The van der Waals surface area contributed by atoms with Gasteiger partial charge in [0.25, 0.3) is 5.91 Å². The maximum atomic E-state index is 11.7. The summed E-state index contributed by atoms with van der Waals surface area (Å²) < 4.78 is 0. The van der Waals surface area contributed by atoms with Gasteiger partial charge in [0.05, 0.1) is 6.54 Å². The summed E-state index contributed by atoms with van der Waals surface area (Å²) in [5, 5.41) is 11.7. The van der Waals surface area contributed by atoms with Crippen LogP contribution in [-0.4, -0.2) is 39.4 Å². The van der Waals surface area contributed by atoms with Gasteiger partial charge >= 0.3 is 12.0 Å². The molecule has 2 N–H and O–H groups in total. The molecule has 7 nitrogen and oxygen atoms in total. The number of carbonyl (C=O) groups is 3. The molecule has 94 valence electrons. The predicted octanol–water partition coefficient (Wildman–Crippen LogP) is -0.0668. The van der Waals surface area contributed by atoms with E-state index in [0.29, 0.717) is 4.90 Å². The van der Waals surface area contributed by atoms with E-state index < -0.39 is 23.4 Å². The molecular formula is C11H11N3O4. The highest BCUT2D eigenvalue weighted by Crippen LogP contribution is 2.30. The summed E-state index contributed by atoms with van der Waals surface area (Å²) >= 11 is 0. The van der Waals surface area contributed by atoms with Crippen molar-refractivity contribution in [1.82, 2.24) is 15.2 Å². The van der Waals surface area contributed by atoms with E-state index in [4.69, 9.17) is 0 Å². The molecule has 0 aliphatic carbocycles. The number of hydrogen-bond acceptors (Lipinski definition) is 4. The molecule has 1 aliphatic heterocycles. The van der Waals surface area contributed by atoms with Crippen LogP contribution in [0.3, 0.4) is 0 Å². The molecule has 2 rings (SSSR count). The molecule has 0 saturated carbocycles. The number of rotatable bonds is 3. The average molecular weight is 249 g/mol. The molecule has 7 heteroatoms. The largest absolute Gasteiger partial charge is 0.479 e. The highest BCUT2D eigenvalue weighted by Gasteiger charge is 2.50. The monoisotopic (exact) mass is 249 g/mol. The number of hydrogen-bond donors (Lipinski definition) is 2. The van der Waals surface area contributed by atoms with Crippen LogP contribution in [-0.2, 0) is 15.1 Å².